The normalized spacial score (nSPS) is 24.3. The largest absolute Gasteiger partial charge is 1.00 e. The van der Waals surface area contributed by atoms with E-state index in [9.17, 15) is 14.4 Å². The van der Waals surface area contributed by atoms with Crippen LogP contribution in [0.1, 0.15) is 57.0 Å². The van der Waals surface area contributed by atoms with Gasteiger partial charge in [-0.1, -0.05) is 18.7 Å². The molecule has 2 aliphatic rings. The molecule has 154 valence electrons. The molecule has 0 radical (unpaired) electrons. The number of amides is 2. The van der Waals surface area contributed by atoms with Gasteiger partial charge in [-0.15, -0.1) is 0 Å². The summed E-state index contributed by atoms with van der Waals surface area (Å²) in [5.74, 6) is 1.01. The monoisotopic (exact) mass is 429 g/mol. The number of nitrogens with zero attached hydrogens (tertiary/aromatic N) is 3. The Hall–Kier alpha value is -0.670. The van der Waals surface area contributed by atoms with Crippen molar-refractivity contribution in [1.29, 1.82) is 0 Å². The summed E-state index contributed by atoms with van der Waals surface area (Å²) in [6.45, 7) is 4.95. The number of carbonyl (C=O) groups is 2. The molecule has 1 aliphatic heterocycles. The molecular weight excluding hydrogens is 401 g/mol. The Morgan fingerprint density at radius 2 is 1.97 bits per heavy atom. The first kappa shape index (κ1) is 24.6. The Morgan fingerprint density at radius 1 is 1.24 bits per heavy atom. The van der Waals surface area contributed by atoms with Gasteiger partial charge in [0.25, 0.3) is 5.56 Å². The molecule has 0 N–H and O–H groups in total. The Balaban J connectivity index is 0.00000300. The van der Waals surface area contributed by atoms with E-state index in [1.165, 1.54) is 0 Å². The number of aryl methyl sites for hydroxylation is 2. The minimum atomic E-state index is -0.352. The predicted octanol–water partition coefficient (Wildman–Crippen LogP) is 0.609. The third-order valence-electron chi connectivity index (χ3n) is 5.42. The molecule has 0 aromatic carbocycles. The van der Waals surface area contributed by atoms with Crippen molar-refractivity contribution in [2.75, 3.05) is 6.61 Å². The van der Waals surface area contributed by atoms with Crippen molar-refractivity contribution in [3.05, 3.63) is 33.3 Å². The molecule has 7 nitrogen and oxygen atoms in total. The summed E-state index contributed by atoms with van der Waals surface area (Å²) in [7, 11) is 0. The van der Waals surface area contributed by atoms with Gasteiger partial charge < -0.3 is 19.6 Å². The van der Waals surface area contributed by atoms with Gasteiger partial charge in [-0.3, -0.25) is 9.36 Å². The summed E-state index contributed by atoms with van der Waals surface area (Å²) < 4.78 is 7.76. The van der Waals surface area contributed by atoms with E-state index < -0.39 is 0 Å². The molecule has 0 spiro atoms. The number of hydrogen-bond acceptors (Lipinski definition) is 6. The molecule has 1 aromatic rings. The molecule has 29 heavy (non-hydrogen) atoms. The molecule has 2 fully saturated rings. The third-order valence-corrected chi connectivity index (χ3v) is 6.39. The maximum atomic E-state index is 12.3. The molecule has 3 rings (SSSR count). The number of thioether (sulfide) groups is 1. The molecule has 2 amide bonds. The van der Waals surface area contributed by atoms with Gasteiger partial charge >= 0.3 is 29.6 Å². The smallest absolute Gasteiger partial charge is 0.585 e. The van der Waals surface area contributed by atoms with E-state index in [4.69, 9.17) is 4.74 Å². The van der Waals surface area contributed by atoms with Crippen molar-refractivity contribution in [2.24, 2.45) is 5.92 Å². The van der Waals surface area contributed by atoms with E-state index in [2.05, 4.69) is 17.2 Å². The summed E-state index contributed by atoms with van der Waals surface area (Å²) >= 11 is 1.06. The second kappa shape index (κ2) is 11.6. The Bertz CT molecular complexity index is 777. The van der Waals surface area contributed by atoms with Crippen molar-refractivity contribution in [2.45, 2.75) is 76.7 Å². The van der Waals surface area contributed by atoms with E-state index in [1.54, 1.807) is 10.6 Å². The molecule has 2 heterocycles. The fourth-order valence-electron chi connectivity index (χ4n) is 3.99. The van der Waals surface area contributed by atoms with E-state index in [0.29, 0.717) is 19.1 Å². The van der Waals surface area contributed by atoms with Crippen molar-refractivity contribution >= 4 is 22.9 Å². The van der Waals surface area contributed by atoms with Gasteiger partial charge in [0.1, 0.15) is 11.1 Å². The molecule has 1 saturated heterocycles. The van der Waals surface area contributed by atoms with Crippen LogP contribution >= 0.6 is 11.8 Å². The fraction of sp³-hybridized carbons (Fsp3) is 0.700. The van der Waals surface area contributed by atoms with Crippen LogP contribution in [0, 0.1) is 12.8 Å². The van der Waals surface area contributed by atoms with Gasteiger partial charge in [-0.2, -0.15) is 0 Å². The molecule has 1 aliphatic carbocycles. The van der Waals surface area contributed by atoms with Crippen molar-refractivity contribution in [3.63, 3.8) is 0 Å². The van der Waals surface area contributed by atoms with Crippen LogP contribution in [0.2, 0.25) is 0 Å². The first-order valence-electron chi connectivity index (χ1n) is 10.1. The zero-order chi connectivity index (χ0) is 20.1. The fourth-order valence-corrected chi connectivity index (χ4v) is 4.90. The molecule has 9 heteroatoms. The minimum absolute atomic E-state index is 0. The van der Waals surface area contributed by atoms with Gasteiger partial charge in [0.15, 0.2) is 0 Å². The number of carbonyl (C=O) groups excluding carboxylic acids is 2. The maximum Gasteiger partial charge on any atom is 1.00 e. The molecular formula is C20H28N3NaO4S. The SMILES string of the molecule is CCCc1nc(C)cc(=O)n1CCOC1CCC(CC2SC(=O)[N-]C2=O)CC1.[Na+]. The van der Waals surface area contributed by atoms with E-state index in [1.807, 2.05) is 6.92 Å². The average Bonchev–Trinajstić information content (AvgIpc) is 2.96. The van der Waals surface area contributed by atoms with E-state index in [0.717, 1.165) is 68.2 Å². The van der Waals surface area contributed by atoms with E-state index >= 15 is 0 Å². The predicted molar refractivity (Wildman–Crippen MR) is 109 cm³/mol. The number of ether oxygens (including phenoxy) is 1. The first-order chi connectivity index (χ1) is 13.5. The first-order valence-corrected chi connectivity index (χ1v) is 11.0. The summed E-state index contributed by atoms with van der Waals surface area (Å²) in [4.78, 5) is 39.7. The van der Waals surface area contributed by atoms with Crippen LogP contribution in [-0.4, -0.2) is 38.7 Å². The Labute approximate surface area is 198 Å². The second-order valence-corrected chi connectivity index (χ2v) is 8.78. The Kier molecular flexibility index (Phi) is 9.88. The number of hydrogen-bond donors (Lipinski definition) is 0. The molecule has 1 aromatic heterocycles. The minimum Gasteiger partial charge on any atom is -0.585 e. The van der Waals surface area contributed by atoms with Gasteiger partial charge in [0.05, 0.1) is 30.4 Å². The third kappa shape index (κ3) is 6.92. The average molecular weight is 430 g/mol. The summed E-state index contributed by atoms with van der Waals surface area (Å²) in [6.07, 6.45) is 6.55. The summed E-state index contributed by atoms with van der Waals surface area (Å²) in [5.41, 5.74) is 0.749. The molecule has 1 unspecified atom stereocenters. The maximum absolute atomic E-state index is 12.3. The van der Waals surface area contributed by atoms with E-state index in [-0.39, 0.29) is 57.6 Å². The van der Waals surface area contributed by atoms with Crippen molar-refractivity contribution in [3.8, 4) is 0 Å². The summed E-state index contributed by atoms with van der Waals surface area (Å²) in [5, 5.41) is 2.84. The number of rotatable bonds is 8. The molecule has 1 saturated carbocycles. The van der Waals surface area contributed by atoms with Gasteiger partial charge in [0.2, 0.25) is 0 Å². The topological polar surface area (TPSA) is 92.4 Å². The Morgan fingerprint density at radius 3 is 2.59 bits per heavy atom. The van der Waals surface area contributed by atoms with Crippen LogP contribution in [0.3, 0.4) is 0 Å². The number of imide groups is 1. The quantitative estimate of drug-likeness (QED) is 0.562. The van der Waals surface area contributed by atoms with Gasteiger partial charge in [0, 0.05) is 18.2 Å². The molecule has 1 atom stereocenters. The standard InChI is InChI=1S/C20H29N3O4S.Na/c1-3-4-17-21-13(2)11-18(24)23(17)9-10-27-15-7-5-14(6-8-15)12-16-19(25)22-20(26)28-16;/h11,14-16H,3-10,12H2,1-2H3,(H,22,25,26);/q;+1/p-1. The van der Waals surface area contributed by atoms with Crippen LogP contribution < -0.4 is 35.1 Å². The second-order valence-electron chi connectivity index (χ2n) is 7.63. The number of aromatic nitrogens is 2. The van der Waals surface area contributed by atoms with Crippen LogP contribution in [0.25, 0.3) is 5.32 Å². The van der Waals surface area contributed by atoms with Crippen LogP contribution in [0.4, 0.5) is 4.79 Å². The van der Waals surface area contributed by atoms with Crippen LogP contribution in [0.15, 0.2) is 10.9 Å². The van der Waals surface area contributed by atoms with Crippen LogP contribution in [-0.2, 0) is 22.5 Å². The zero-order valence-electron chi connectivity index (χ0n) is 17.6. The van der Waals surface area contributed by atoms with Gasteiger partial charge in [-0.05, 0) is 51.4 Å². The van der Waals surface area contributed by atoms with Crippen molar-refractivity contribution < 1.29 is 43.9 Å². The van der Waals surface area contributed by atoms with Gasteiger partial charge in [-0.25, -0.2) is 4.98 Å². The van der Waals surface area contributed by atoms with Crippen LogP contribution in [0.5, 0.6) is 0 Å². The van der Waals surface area contributed by atoms with Crippen molar-refractivity contribution in [1.82, 2.24) is 9.55 Å². The summed E-state index contributed by atoms with van der Waals surface area (Å²) in [6, 6.07) is 1.57. The molecule has 0 bridgehead atoms. The zero-order valence-corrected chi connectivity index (χ0v) is 20.4.